The summed E-state index contributed by atoms with van der Waals surface area (Å²) in [6, 6.07) is 7.01. The highest BCUT2D eigenvalue weighted by Gasteiger charge is 2.46. The summed E-state index contributed by atoms with van der Waals surface area (Å²) < 4.78 is 14.0. The molecule has 366 valence electrons. The van der Waals surface area contributed by atoms with Crippen molar-refractivity contribution in [3.63, 3.8) is 0 Å². The van der Waals surface area contributed by atoms with Crippen LogP contribution in [0.15, 0.2) is 54.6 Å². The number of hydrogen-bond acceptors (Lipinski definition) is 12. The molecule has 6 bridgehead atoms. The van der Waals surface area contributed by atoms with Crippen LogP contribution >= 0.6 is 11.3 Å². The summed E-state index contributed by atoms with van der Waals surface area (Å²) in [5.74, 6) is -2.67. The molecule has 2 fully saturated rings. The number of hydrazine groups is 1. The van der Waals surface area contributed by atoms with Gasteiger partial charge in [-0.1, -0.05) is 40.3 Å². The van der Waals surface area contributed by atoms with E-state index in [9.17, 15) is 29.1 Å². The molecule has 6 atom stereocenters. The van der Waals surface area contributed by atoms with E-state index >= 15 is 0 Å². The average molecular weight is 954 g/mol. The Bertz CT molecular complexity index is 2570. The van der Waals surface area contributed by atoms with Crippen LogP contribution in [0.3, 0.4) is 0 Å². The molecule has 0 saturated carbocycles. The number of piperazine rings is 1. The minimum Gasteiger partial charge on any atom is -0.462 e. The van der Waals surface area contributed by atoms with E-state index in [1.54, 1.807) is 30.2 Å². The summed E-state index contributed by atoms with van der Waals surface area (Å²) in [5, 5.41) is 19.5. The lowest BCUT2D eigenvalue weighted by Gasteiger charge is -2.46. The van der Waals surface area contributed by atoms with Crippen molar-refractivity contribution in [3.05, 3.63) is 70.8 Å². The Morgan fingerprint density at radius 2 is 1.85 bits per heavy atom. The Hall–Kier alpha value is -5.69. The third-order valence-electron chi connectivity index (χ3n) is 13.6. The molecule has 0 aliphatic carbocycles. The Labute approximate surface area is 402 Å². The number of cyclic esters (lactones) is 1. The van der Waals surface area contributed by atoms with Crippen LogP contribution in [0.2, 0.25) is 0 Å². The van der Waals surface area contributed by atoms with Gasteiger partial charge in [0, 0.05) is 104 Å². The van der Waals surface area contributed by atoms with Gasteiger partial charge in [-0.25, -0.2) is 14.6 Å². The lowest BCUT2D eigenvalue weighted by Crippen LogP contribution is -2.67. The van der Waals surface area contributed by atoms with Gasteiger partial charge < -0.3 is 39.2 Å². The van der Waals surface area contributed by atoms with Gasteiger partial charge in [0.05, 0.1) is 34.8 Å². The fraction of sp³-hybridized carbons (Fsp3) is 0.540. The monoisotopic (exact) mass is 953 g/mol. The van der Waals surface area contributed by atoms with Gasteiger partial charge in [-0.3, -0.25) is 24.4 Å². The minimum atomic E-state index is -2.24. The molecule has 68 heavy (non-hydrogen) atoms. The fourth-order valence-electron chi connectivity index (χ4n) is 9.93. The fourth-order valence-corrected chi connectivity index (χ4v) is 10.8. The molecule has 5 amide bonds. The van der Waals surface area contributed by atoms with E-state index in [4.69, 9.17) is 19.4 Å². The summed E-state index contributed by atoms with van der Waals surface area (Å²) in [6.45, 7) is 20.4. The zero-order chi connectivity index (χ0) is 49.4. The smallest absolute Gasteiger partial charge is 0.355 e. The summed E-state index contributed by atoms with van der Waals surface area (Å²) in [6.07, 6.45) is 3.45. The van der Waals surface area contributed by atoms with Crippen LogP contribution in [-0.4, -0.2) is 139 Å². The number of pyridine rings is 1. The van der Waals surface area contributed by atoms with Crippen LogP contribution in [0.5, 0.6) is 0 Å². The molecule has 2 saturated heterocycles. The van der Waals surface area contributed by atoms with Crippen molar-refractivity contribution in [3.8, 4) is 22.5 Å². The number of carbonyl (C=O) groups is 5. The van der Waals surface area contributed by atoms with Gasteiger partial charge in [-0.05, 0) is 82.4 Å². The molecule has 3 N–H and O–H groups in total. The maximum atomic E-state index is 14.7. The predicted octanol–water partition coefficient (Wildman–Crippen LogP) is 5.71. The Balaban J connectivity index is 1.27. The van der Waals surface area contributed by atoms with Crippen LogP contribution in [-0.2, 0) is 48.0 Å². The molecule has 18 heteroatoms. The molecule has 0 radical (unpaired) electrons. The van der Waals surface area contributed by atoms with E-state index in [1.165, 1.54) is 27.3 Å². The number of likely N-dealkylation sites (N-methyl/N-ethyl adjacent to an activating group) is 1. The van der Waals surface area contributed by atoms with Crippen molar-refractivity contribution < 1.29 is 38.6 Å². The minimum absolute atomic E-state index is 0.0172. The van der Waals surface area contributed by atoms with E-state index in [1.807, 2.05) is 66.0 Å². The second-order valence-electron chi connectivity index (χ2n) is 19.6. The van der Waals surface area contributed by atoms with Crippen LogP contribution in [0, 0.1) is 11.3 Å². The summed E-state index contributed by atoms with van der Waals surface area (Å²) in [7, 11) is 3.23. The first-order valence-electron chi connectivity index (χ1n) is 23.6. The SMILES string of the molecule is C=CC(=O)N1C[C@H](C)N(C(=O)N(C)[C@H](C(=O)N[C@H]2Cc3nc(cs3)-c3ccc4c(c3)c(c(-c3cccnc3[C@H](C)OC)n4CC)CC(C)(C)COC(=O)[C@@]3(O)CCCN(N3)C2=O)C(C)C)C[C@H]1C. The number of thiazole rings is 1. The number of aryl methyl sites for hydroxylation is 1. The van der Waals surface area contributed by atoms with E-state index in [0.29, 0.717) is 30.2 Å². The molecular weight excluding hydrogens is 887 g/mol. The number of aromatic nitrogens is 3. The number of carbonyl (C=O) groups excluding carboxylic acids is 5. The normalized spacial score (nSPS) is 23.2. The summed E-state index contributed by atoms with van der Waals surface area (Å²) in [5.41, 5.74) is 6.20. The first-order chi connectivity index (χ1) is 32.2. The molecule has 0 spiro atoms. The maximum Gasteiger partial charge on any atom is 0.355 e. The third-order valence-corrected chi connectivity index (χ3v) is 14.4. The van der Waals surface area contributed by atoms with Gasteiger partial charge in [0.2, 0.25) is 17.5 Å². The predicted molar refractivity (Wildman–Crippen MR) is 260 cm³/mol. The van der Waals surface area contributed by atoms with Crippen molar-refractivity contribution in [1.29, 1.82) is 0 Å². The molecule has 0 unspecified atom stereocenters. The van der Waals surface area contributed by atoms with Gasteiger partial charge in [-0.15, -0.1) is 11.3 Å². The maximum absolute atomic E-state index is 14.7. The quantitative estimate of drug-likeness (QED) is 0.138. The number of amides is 5. The van der Waals surface area contributed by atoms with Crippen molar-refractivity contribution in [2.75, 3.05) is 40.4 Å². The number of aliphatic hydroxyl groups is 1. The lowest BCUT2D eigenvalue weighted by molar-refractivity contribution is -0.189. The third kappa shape index (κ3) is 9.91. The molecule has 1 aromatic carbocycles. The largest absolute Gasteiger partial charge is 0.462 e. The second-order valence-corrected chi connectivity index (χ2v) is 20.6. The summed E-state index contributed by atoms with van der Waals surface area (Å²) >= 11 is 1.35. The van der Waals surface area contributed by atoms with Crippen LogP contribution in [0.1, 0.15) is 90.6 Å². The lowest BCUT2D eigenvalue weighted by atomic mass is 9.84. The highest BCUT2D eigenvalue weighted by Crippen LogP contribution is 2.42. The van der Waals surface area contributed by atoms with Crippen LogP contribution < -0.4 is 10.7 Å². The number of rotatable bonds is 9. The van der Waals surface area contributed by atoms with E-state index in [-0.39, 0.29) is 75.0 Å². The Morgan fingerprint density at radius 1 is 1.13 bits per heavy atom. The highest BCUT2D eigenvalue weighted by atomic mass is 32.1. The number of hydrogen-bond donors (Lipinski definition) is 3. The topological polar surface area (TPSA) is 192 Å². The van der Waals surface area contributed by atoms with Crippen LogP contribution in [0.25, 0.3) is 33.4 Å². The Kier molecular flexibility index (Phi) is 14.8. The second kappa shape index (κ2) is 20.1. The number of nitrogens with zero attached hydrogens (tertiary/aromatic N) is 7. The first kappa shape index (κ1) is 50.2. The average Bonchev–Trinajstić information content (AvgIpc) is 3.91. The number of benzene rings is 1. The van der Waals surface area contributed by atoms with Gasteiger partial charge in [0.1, 0.15) is 12.1 Å². The molecule has 3 aliphatic rings. The van der Waals surface area contributed by atoms with Gasteiger partial charge in [-0.2, -0.15) is 5.43 Å². The number of urea groups is 1. The molecule has 17 nitrogen and oxygen atoms in total. The molecule has 4 aromatic rings. The van der Waals surface area contributed by atoms with Crippen molar-refractivity contribution in [2.24, 2.45) is 11.3 Å². The van der Waals surface area contributed by atoms with Crippen LogP contribution in [0.4, 0.5) is 4.79 Å². The zero-order valence-electron chi connectivity index (χ0n) is 41.0. The van der Waals surface area contributed by atoms with Gasteiger partial charge >= 0.3 is 12.0 Å². The highest BCUT2D eigenvalue weighted by molar-refractivity contribution is 7.10. The number of nitrogens with one attached hydrogen (secondary N) is 2. The molecular formula is C50H67N9O8S. The van der Waals surface area contributed by atoms with Gasteiger partial charge in [0.25, 0.3) is 5.91 Å². The summed E-state index contributed by atoms with van der Waals surface area (Å²) in [4.78, 5) is 84.6. The van der Waals surface area contributed by atoms with E-state index in [0.717, 1.165) is 39.0 Å². The standard InChI is InChI=1S/C50H67N9O8S/c1-12-41(60)57-25-31(6)58(26-30(57)5)48(64)55(10)43(29(3)4)45(61)53-37-23-40-52-38(27-68-40)33-17-18-39-35(22-33)36(44(56(39)13-2)34-16-14-20-51-42(34)32(7)66-11)24-49(8,9)28-67-47(63)50(65)19-15-21-59(54-50)46(37)62/h12,14,16-18,20,22,27,29-32,37,43,54,65H,1,13,15,19,21,23-26,28H2,2-11H3,(H,53,61)/t30-,31+,32+,37+,43+,50+/m1/s1. The zero-order valence-corrected chi connectivity index (χ0v) is 41.8. The molecule has 3 aromatic heterocycles. The van der Waals surface area contributed by atoms with Crippen molar-refractivity contribution >= 4 is 52.0 Å². The number of ether oxygens (including phenoxy) is 2. The van der Waals surface area contributed by atoms with Gasteiger partial charge in [0.15, 0.2) is 0 Å². The first-order valence-corrected chi connectivity index (χ1v) is 24.4. The van der Waals surface area contributed by atoms with Crippen molar-refractivity contribution in [2.45, 2.75) is 124 Å². The molecule has 6 heterocycles. The number of esters is 1. The number of fused-ring (bicyclic) bond motifs is 6. The van der Waals surface area contributed by atoms with E-state index in [2.05, 4.69) is 47.0 Å². The van der Waals surface area contributed by atoms with Crippen molar-refractivity contribution in [1.82, 2.24) is 45.0 Å². The molecule has 7 rings (SSSR count). The number of methoxy groups -OCH3 is 1. The molecule has 3 aliphatic heterocycles. The Morgan fingerprint density at radius 3 is 2.54 bits per heavy atom. The van der Waals surface area contributed by atoms with E-state index < -0.39 is 41.0 Å².